The van der Waals surface area contributed by atoms with E-state index in [1.165, 1.54) is 23.1 Å². The number of nitro benzene ring substituents is 1. The summed E-state index contributed by atoms with van der Waals surface area (Å²) in [5, 5.41) is 14.4. The Kier molecular flexibility index (Phi) is 10.2. The molecule has 0 heterocycles. The maximum Gasteiger partial charge on any atom is 0.271 e. The Hall–Kier alpha value is -3.47. The monoisotopic (exact) mass is 544 g/mol. The number of rotatable bonds is 12. The van der Waals surface area contributed by atoms with Crippen molar-refractivity contribution in [3.05, 3.63) is 70.3 Å². The van der Waals surface area contributed by atoms with Crippen molar-refractivity contribution in [3.8, 4) is 0 Å². The van der Waals surface area contributed by atoms with E-state index in [4.69, 9.17) is 0 Å². The lowest BCUT2D eigenvalue weighted by Crippen LogP contribution is -2.54. The number of nitrogens with one attached hydrogen (secondary N) is 1. The van der Waals surface area contributed by atoms with Crippen LogP contribution < -0.4 is 9.62 Å². The Bertz CT molecular complexity index is 1220. The maximum absolute atomic E-state index is 13.7. The summed E-state index contributed by atoms with van der Waals surface area (Å²) >= 11 is 0. The molecule has 2 aromatic rings. The summed E-state index contributed by atoms with van der Waals surface area (Å²) in [7, 11) is -3.97. The zero-order valence-corrected chi connectivity index (χ0v) is 22.7. The van der Waals surface area contributed by atoms with Crippen LogP contribution in [-0.2, 0) is 26.0 Å². The molecule has 38 heavy (non-hydrogen) atoms. The van der Waals surface area contributed by atoms with Crippen LogP contribution in [-0.4, -0.2) is 61.5 Å². The summed E-state index contributed by atoms with van der Waals surface area (Å²) in [5.41, 5.74) is 0.701. The molecule has 1 aliphatic carbocycles. The van der Waals surface area contributed by atoms with Crippen molar-refractivity contribution in [2.24, 2.45) is 0 Å². The molecule has 1 saturated carbocycles. The number of anilines is 1. The molecular weight excluding hydrogens is 508 g/mol. The van der Waals surface area contributed by atoms with Gasteiger partial charge in [0.05, 0.1) is 16.9 Å². The van der Waals surface area contributed by atoms with Gasteiger partial charge in [-0.3, -0.25) is 24.0 Å². The maximum atomic E-state index is 13.7. The summed E-state index contributed by atoms with van der Waals surface area (Å²) in [6.45, 7) is 1.46. The number of carbonyl (C=O) groups excluding carboxylic acids is 2. The molecule has 1 N–H and O–H groups in total. The van der Waals surface area contributed by atoms with E-state index in [0.29, 0.717) is 12.8 Å². The second kappa shape index (κ2) is 13.4. The number of carbonyl (C=O) groups is 2. The number of hydrogen-bond donors (Lipinski definition) is 1. The molecule has 1 atom stereocenters. The molecule has 0 spiro atoms. The molecule has 1 fully saturated rings. The van der Waals surface area contributed by atoms with Crippen LogP contribution in [0.5, 0.6) is 0 Å². The molecule has 3 rings (SSSR count). The van der Waals surface area contributed by atoms with Crippen molar-refractivity contribution in [3.63, 3.8) is 0 Å². The van der Waals surface area contributed by atoms with Crippen LogP contribution in [0.4, 0.5) is 11.4 Å². The van der Waals surface area contributed by atoms with Crippen LogP contribution in [0.3, 0.4) is 0 Å². The van der Waals surface area contributed by atoms with Crippen LogP contribution in [0.1, 0.15) is 51.0 Å². The van der Waals surface area contributed by atoms with Gasteiger partial charge < -0.3 is 10.2 Å². The third kappa shape index (κ3) is 8.01. The zero-order chi connectivity index (χ0) is 27.7. The van der Waals surface area contributed by atoms with E-state index < -0.39 is 33.4 Å². The highest BCUT2D eigenvalue weighted by Gasteiger charge is 2.32. The molecular formula is C27H36N4O6S. The summed E-state index contributed by atoms with van der Waals surface area (Å²) in [4.78, 5) is 39.2. The molecule has 0 radical (unpaired) electrons. The van der Waals surface area contributed by atoms with Gasteiger partial charge in [0.15, 0.2) is 0 Å². The van der Waals surface area contributed by atoms with E-state index in [1.807, 2.05) is 37.3 Å². The van der Waals surface area contributed by atoms with Gasteiger partial charge >= 0.3 is 0 Å². The summed E-state index contributed by atoms with van der Waals surface area (Å²) in [6, 6.07) is 14.0. The molecule has 0 aromatic heterocycles. The summed E-state index contributed by atoms with van der Waals surface area (Å²) in [5.74, 6) is -0.800. The standard InChI is InChI=1S/C27H36N4O6S/c1-3-25(27(33)28-22-13-8-5-9-14-22)29(18-17-21-11-6-4-7-12-21)26(32)20-30(38(2,36)37)23-15-10-16-24(19-23)31(34)35/h4,6-7,10-12,15-16,19,22,25H,3,5,8-9,13-14,17-18,20H2,1-2H3,(H,28,33)/t25-/m0/s1. The van der Waals surface area contributed by atoms with E-state index in [-0.39, 0.29) is 29.9 Å². The second-order valence-electron chi connectivity index (χ2n) is 9.64. The molecule has 10 nitrogen and oxygen atoms in total. The number of sulfonamides is 1. The predicted molar refractivity (Wildman–Crippen MR) is 146 cm³/mol. The quantitative estimate of drug-likeness (QED) is 0.321. The van der Waals surface area contributed by atoms with Crippen LogP contribution in [0.15, 0.2) is 54.6 Å². The SMILES string of the molecule is CC[C@@H](C(=O)NC1CCCCC1)N(CCc1ccccc1)C(=O)CN(c1cccc([N+](=O)[O-])c1)S(C)(=O)=O. The molecule has 0 bridgehead atoms. The highest BCUT2D eigenvalue weighted by atomic mass is 32.2. The Balaban J connectivity index is 1.88. The minimum atomic E-state index is -3.97. The fraction of sp³-hybridized carbons (Fsp3) is 0.481. The van der Waals surface area contributed by atoms with Crippen LogP contribution in [0.2, 0.25) is 0 Å². The average molecular weight is 545 g/mol. The lowest BCUT2D eigenvalue weighted by atomic mass is 9.95. The van der Waals surface area contributed by atoms with Gasteiger partial charge in [0.1, 0.15) is 12.6 Å². The summed E-state index contributed by atoms with van der Waals surface area (Å²) < 4.78 is 26.2. The van der Waals surface area contributed by atoms with Gasteiger partial charge in [-0.2, -0.15) is 0 Å². The molecule has 11 heteroatoms. The Morgan fingerprint density at radius 3 is 2.37 bits per heavy atom. The normalized spacial score (nSPS) is 14.9. The first kappa shape index (κ1) is 29.1. The third-order valence-electron chi connectivity index (χ3n) is 6.83. The van der Waals surface area contributed by atoms with Crippen LogP contribution in [0, 0.1) is 10.1 Å². The molecule has 0 saturated heterocycles. The summed E-state index contributed by atoms with van der Waals surface area (Å²) in [6.07, 6.45) is 6.81. The first-order valence-electron chi connectivity index (χ1n) is 13.0. The number of benzene rings is 2. The molecule has 0 unspecified atom stereocenters. The lowest BCUT2D eigenvalue weighted by Gasteiger charge is -2.34. The molecule has 2 amide bonds. The van der Waals surface area contributed by atoms with E-state index in [1.54, 1.807) is 0 Å². The van der Waals surface area contributed by atoms with E-state index >= 15 is 0 Å². The number of nitrogens with zero attached hydrogens (tertiary/aromatic N) is 3. The fourth-order valence-electron chi connectivity index (χ4n) is 4.82. The number of hydrogen-bond acceptors (Lipinski definition) is 6. The second-order valence-corrected chi connectivity index (χ2v) is 11.5. The zero-order valence-electron chi connectivity index (χ0n) is 21.9. The Morgan fingerprint density at radius 1 is 1.08 bits per heavy atom. The number of amides is 2. The molecule has 1 aliphatic rings. The first-order chi connectivity index (χ1) is 18.1. The Labute approximate surface area is 224 Å². The van der Waals surface area contributed by atoms with Crippen LogP contribution in [0.25, 0.3) is 0 Å². The average Bonchev–Trinajstić information content (AvgIpc) is 2.90. The highest BCUT2D eigenvalue weighted by molar-refractivity contribution is 7.92. The van der Waals surface area contributed by atoms with Gasteiger partial charge in [-0.1, -0.05) is 62.6 Å². The minimum Gasteiger partial charge on any atom is -0.352 e. The van der Waals surface area contributed by atoms with Crippen LogP contribution >= 0.6 is 0 Å². The first-order valence-corrected chi connectivity index (χ1v) is 14.8. The van der Waals surface area contributed by atoms with Gasteiger partial charge in [0.25, 0.3) is 5.69 Å². The molecule has 0 aliphatic heterocycles. The molecule has 2 aromatic carbocycles. The van der Waals surface area contributed by atoms with Crippen molar-refractivity contribution in [2.75, 3.05) is 23.7 Å². The predicted octanol–water partition coefficient (Wildman–Crippen LogP) is 3.66. The van der Waals surface area contributed by atoms with E-state index in [9.17, 15) is 28.1 Å². The van der Waals surface area contributed by atoms with Gasteiger partial charge in [-0.25, -0.2) is 8.42 Å². The van der Waals surface area contributed by atoms with Crippen molar-refractivity contribution in [1.82, 2.24) is 10.2 Å². The number of non-ortho nitro benzene ring substituents is 1. The Morgan fingerprint density at radius 2 is 1.76 bits per heavy atom. The third-order valence-corrected chi connectivity index (χ3v) is 7.97. The van der Waals surface area contributed by atoms with Crippen molar-refractivity contribution >= 4 is 33.2 Å². The van der Waals surface area contributed by atoms with Gasteiger partial charge in [0, 0.05) is 24.7 Å². The van der Waals surface area contributed by atoms with E-state index in [2.05, 4.69) is 5.32 Å². The van der Waals surface area contributed by atoms with Gasteiger partial charge in [0.2, 0.25) is 21.8 Å². The largest absolute Gasteiger partial charge is 0.352 e. The number of nitro groups is 1. The topological polar surface area (TPSA) is 130 Å². The minimum absolute atomic E-state index is 0.0118. The van der Waals surface area contributed by atoms with Crippen molar-refractivity contribution in [2.45, 2.75) is 64.0 Å². The fourth-order valence-corrected chi connectivity index (χ4v) is 5.66. The van der Waals surface area contributed by atoms with Gasteiger partial charge in [-0.05, 0) is 37.3 Å². The smallest absolute Gasteiger partial charge is 0.271 e. The van der Waals surface area contributed by atoms with Crippen molar-refractivity contribution in [1.29, 1.82) is 0 Å². The van der Waals surface area contributed by atoms with E-state index in [0.717, 1.165) is 54.3 Å². The lowest BCUT2D eigenvalue weighted by molar-refractivity contribution is -0.384. The van der Waals surface area contributed by atoms with Crippen molar-refractivity contribution < 1.29 is 22.9 Å². The highest BCUT2D eigenvalue weighted by Crippen LogP contribution is 2.24. The van der Waals surface area contributed by atoms with Gasteiger partial charge in [-0.15, -0.1) is 0 Å². The molecule has 206 valence electrons.